The van der Waals surface area contributed by atoms with Crippen LogP contribution in [0.1, 0.15) is 10.4 Å². The first-order valence-corrected chi connectivity index (χ1v) is 4.44. The number of primary amides is 1. The Hall–Kier alpha value is -1.75. The number of hydrogen-bond donors (Lipinski definition) is 1. The molecule has 1 aromatic heterocycles. The third-order valence-electron chi connectivity index (χ3n) is 2.26. The maximum absolute atomic E-state index is 11.0. The summed E-state index contributed by atoms with van der Waals surface area (Å²) in [5.41, 5.74) is 6.43. The Labute approximate surface area is 98.6 Å². The summed E-state index contributed by atoms with van der Waals surface area (Å²) in [7, 11) is 3.34. The number of nitrogens with zero attached hydrogens (tertiary/aromatic N) is 2. The molecule has 0 atom stereocenters. The van der Waals surface area contributed by atoms with Crippen molar-refractivity contribution in [2.24, 2.45) is 12.8 Å². The number of ether oxygens (including phenoxy) is 1. The number of benzene rings is 1. The topological polar surface area (TPSA) is 70.1 Å². The van der Waals surface area contributed by atoms with Crippen LogP contribution >= 0.6 is 12.4 Å². The first-order valence-electron chi connectivity index (χ1n) is 4.44. The number of carbonyl (C=O) groups is 1. The number of rotatable bonds is 2. The van der Waals surface area contributed by atoms with Crippen molar-refractivity contribution >= 4 is 29.2 Å². The highest BCUT2D eigenvalue weighted by atomic mass is 35.5. The normalized spacial score (nSPS) is 9.88. The van der Waals surface area contributed by atoms with Gasteiger partial charge in [-0.2, -0.15) is 5.10 Å². The number of fused-ring (bicyclic) bond motifs is 1. The Morgan fingerprint density at radius 2 is 2.19 bits per heavy atom. The molecule has 0 unspecified atom stereocenters. The van der Waals surface area contributed by atoms with Gasteiger partial charge in [0, 0.05) is 12.6 Å². The summed E-state index contributed by atoms with van der Waals surface area (Å²) in [6, 6.07) is 5.08. The highest BCUT2D eigenvalue weighted by molar-refractivity contribution is 5.98. The number of halogens is 1. The highest BCUT2D eigenvalue weighted by Gasteiger charge is 2.11. The highest BCUT2D eigenvalue weighted by Crippen LogP contribution is 2.25. The van der Waals surface area contributed by atoms with Crippen molar-refractivity contribution in [3.05, 3.63) is 23.8 Å². The van der Waals surface area contributed by atoms with Gasteiger partial charge in [-0.15, -0.1) is 12.4 Å². The van der Waals surface area contributed by atoms with E-state index in [1.807, 2.05) is 0 Å². The van der Waals surface area contributed by atoms with Crippen molar-refractivity contribution < 1.29 is 9.53 Å². The second-order valence-electron chi connectivity index (χ2n) is 3.23. The molecule has 0 saturated heterocycles. The lowest BCUT2D eigenvalue weighted by atomic mass is 10.1. The molecule has 0 fully saturated rings. The number of amides is 1. The molecule has 0 spiro atoms. The maximum atomic E-state index is 11.0. The predicted molar refractivity (Wildman–Crippen MR) is 63.0 cm³/mol. The molecule has 86 valence electrons. The smallest absolute Gasteiger partial charge is 0.248 e. The van der Waals surface area contributed by atoms with Gasteiger partial charge in [-0.25, -0.2) is 4.68 Å². The summed E-state index contributed by atoms with van der Waals surface area (Å²) in [5, 5.41) is 5.01. The van der Waals surface area contributed by atoms with E-state index in [4.69, 9.17) is 10.5 Å². The van der Waals surface area contributed by atoms with E-state index < -0.39 is 5.91 Å². The number of aromatic nitrogens is 2. The second-order valence-corrected chi connectivity index (χ2v) is 3.23. The predicted octanol–water partition coefficient (Wildman–Crippen LogP) is 1.10. The van der Waals surface area contributed by atoms with Gasteiger partial charge >= 0.3 is 0 Å². The molecule has 0 aliphatic rings. The van der Waals surface area contributed by atoms with E-state index in [1.54, 1.807) is 37.0 Å². The van der Waals surface area contributed by atoms with Gasteiger partial charge in [0.05, 0.1) is 18.0 Å². The zero-order chi connectivity index (χ0) is 11.0. The Balaban J connectivity index is 0.00000128. The molecule has 6 heteroatoms. The van der Waals surface area contributed by atoms with Gasteiger partial charge in [0.15, 0.2) is 0 Å². The second kappa shape index (κ2) is 4.40. The number of carbonyl (C=O) groups excluding carboxylic acids is 1. The third kappa shape index (κ3) is 1.81. The van der Waals surface area contributed by atoms with Crippen LogP contribution in [0.4, 0.5) is 0 Å². The molecule has 0 aliphatic carbocycles. The molecule has 1 amide bonds. The standard InChI is InChI=1S/C10H11N3O2.ClH/c1-13-10(15-2)7-5-6(9(11)14)3-4-8(7)12-13;/h3-5H,1-2H3,(H2,11,14);1H. The maximum Gasteiger partial charge on any atom is 0.248 e. The lowest BCUT2D eigenvalue weighted by Crippen LogP contribution is -2.10. The average molecular weight is 242 g/mol. The van der Waals surface area contributed by atoms with Crippen LogP contribution in [0.2, 0.25) is 0 Å². The molecule has 2 rings (SSSR count). The van der Waals surface area contributed by atoms with Crippen molar-refractivity contribution in [3.63, 3.8) is 0 Å². The van der Waals surface area contributed by atoms with Gasteiger partial charge in [0.2, 0.25) is 11.8 Å². The van der Waals surface area contributed by atoms with Crippen LogP contribution in [0.5, 0.6) is 5.88 Å². The average Bonchev–Trinajstić information content (AvgIpc) is 2.51. The monoisotopic (exact) mass is 241 g/mol. The Morgan fingerprint density at radius 3 is 2.75 bits per heavy atom. The van der Waals surface area contributed by atoms with Crippen molar-refractivity contribution in [1.29, 1.82) is 0 Å². The Kier molecular flexibility index (Phi) is 3.39. The van der Waals surface area contributed by atoms with E-state index in [0.717, 1.165) is 10.9 Å². The molecule has 2 aromatic rings. The summed E-state index contributed by atoms with van der Waals surface area (Å²) in [5.74, 6) is 0.163. The Morgan fingerprint density at radius 1 is 1.50 bits per heavy atom. The number of nitrogens with two attached hydrogens (primary N) is 1. The van der Waals surface area contributed by atoms with Crippen molar-refractivity contribution in [2.45, 2.75) is 0 Å². The lowest BCUT2D eigenvalue weighted by Gasteiger charge is -1.99. The van der Waals surface area contributed by atoms with Gasteiger partial charge < -0.3 is 10.5 Å². The van der Waals surface area contributed by atoms with Crippen molar-refractivity contribution in [1.82, 2.24) is 9.78 Å². The summed E-state index contributed by atoms with van der Waals surface area (Å²) < 4.78 is 6.80. The van der Waals surface area contributed by atoms with E-state index in [-0.39, 0.29) is 12.4 Å². The largest absolute Gasteiger partial charge is 0.481 e. The van der Waals surface area contributed by atoms with Crippen LogP contribution in [0.3, 0.4) is 0 Å². The summed E-state index contributed by atoms with van der Waals surface area (Å²) in [6.07, 6.45) is 0. The first kappa shape index (κ1) is 12.3. The number of hydrogen-bond acceptors (Lipinski definition) is 3. The van der Waals surface area contributed by atoms with Crippen LogP contribution in [0.15, 0.2) is 18.2 Å². The van der Waals surface area contributed by atoms with E-state index in [0.29, 0.717) is 11.4 Å². The van der Waals surface area contributed by atoms with Crippen molar-refractivity contribution in [3.8, 4) is 5.88 Å². The van der Waals surface area contributed by atoms with Gasteiger partial charge in [-0.05, 0) is 18.2 Å². The van der Waals surface area contributed by atoms with E-state index in [1.165, 1.54) is 0 Å². The summed E-state index contributed by atoms with van der Waals surface area (Å²) in [4.78, 5) is 11.0. The lowest BCUT2D eigenvalue weighted by molar-refractivity contribution is 0.100. The fourth-order valence-corrected chi connectivity index (χ4v) is 1.57. The molecular weight excluding hydrogens is 230 g/mol. The zero-order valence-corrected chi connectivity index (χ0v) is 9.75. The fourth-order valence-electron chi connectivity index (χ4n) is 1.57. The SMILES string of the molecule is COc1c2cc(C(N)=O)ccc2nn1C.Cl. The molecular formula is C10H12ClN3O2. The first-order chi connectivity index (χ1) is 7.13. The van der Waals surface area contributed by atoms with E-state index in [2.05, 4.69) is 5.10 Å². The summed E-state index contributed by atoms with van der Waals surface area (Å²) in [6.45, 7) is 0. The number of methoxy groups -OCH3 is 1. The minimum Gasteiger partial charge on any atom is -0.481 e. The molecule has 0 radical (unpaired) electrons. The Bertz CT molecular complexity index is 536. The van der Waals surface area contributed by atoms with Crippen LogP contribution in [-0.4, -0.2) is 22.8 Å². The minimum absolute atomic E-state index is 0. The van der Waals surface area contributed by atoms with Gasteiger partial charge in [-0.3, -0.25) is 4.79 Å². The van der Waals surface area contributed by atoms with Crippen LogP contribution in [0.25, 0.3) is 10.9 Å². The summed E-state index contributed by atoms with van der Waals surface area (Å²) >= 11 is 0. The molecule has 0 saturated carbocycles. The number of aryl methyl sites for hydroxylation is 1. The van der Waals surface area contributed by atoms with E-state index >= 15 is 0 Å². The molecule has 1 aromatic carbocycles. The molecule has 0 aliphatic heterocycles. The quantitative estimate of drug-likeness (QED) is 0.856. The van der Waals surface area contributed by atoms with Gasteiger partial charge in [0.1, 0.15) is 0 Å². The van der Waals surface area contributed by atoms with Crippen molar-refractivity contribution in [2.75, 3.05) is 7.11 Å². The molecule has 0 bridgehead atoms. The molecule has 16 heavy (non-hydrogen) atoms. The minimum atomic E-state index is -0.456. The van der Waals surface area contributed by atoms with Crippen LogP contribution in [-0.2, 0) is 7.05 Å². The van der Waals surface area contributed by atoms with E-state index in [9.17, 15) is 4.79 Å². The third-order valence-corrected chi connectivity index (χ3v) is 2.26. The van der Waals surface area contributed by atoms with Gasteiger partial charge in [0.25, 0.3) is 0 Å². The molecule has 2 N–H and O–H groups in total. The fraction of sp³-hybridized carbons (Fsp3) is 0.200. The molecule has 5 nitrogen and oxygen atoms in total. The molecule has 1 heterocycles. The van der Waals surface area contributed by atoms with Gasteiger partial charge in [-0.1, -0.05) is 0 Å². The van der Waals surface area contributed by atoms with Crippen LogP contribution in [0, 0.1) is 0 Å². The van der Waals surface area contributed by atoms with Crippen LogP contribution < -0.4 is 10.5 Å². The zero-order valence-electron chi connectivity index (χ0n) is 8.93.